The number of nitrogens with zero attached hydrogens (tertiary/aromatic N) is 2. The molecule has 0 radical (unpaired) electrons. The van der Waals surface area contributed by atoms with Crippen LogP contribution in [0.25, 0.3) is 0 Å². The fraction of sp³-hybridized carbons (Fsp3) is 0.444. The van der Waals surface area contributed by atoms with E-state index in [1.165, 1.54) is 0 Å². The largest absolute Gasteiger partial charge is 0.378 e. The van der Waals surface area contributed by atoms with E-state index in [0.717, 1.165) is 0 Å². The molecule has 6 nitrogen and oxygen atoms in total. The summed E-state index contributed by atoms with van der Waals surface area (Å²) >= 11 is 5.58. The summed E-state index contributed by atoms with van der Waals surface area (Å²) < 4.78 is 5.18. The first kappa shape index (κ1) is 11.3. The van der Waals surface area contributed by atoms with Crippen molar-refractivity contribution in [3.63, 3.8) is 0 Å². The number of hydrogen-bond acceptors (Lipinski definition) is 5. The molecule has 1 aromatic rings. The van der Waals surface area contributed by atoms with E-state index < -0.39 is 0 Å². The van der Waals surface area contributed by atoms with Gasteiger partial charge in [-0.3, -0.25) is 4.79 Å². The quantitative estimate of drug-likeness (QED) is 0.767. The highest BCUT2D eigenvalue weighted by Crippen LogP contribution is 2.06. The molecule has 1 fully saturated rings. The number of halogens is 1. The summed E-state index contributed by atoms with van der Waals surface area (Å²) in [5.41, 5.74) is 0. The van der Waals surface area contributed by atoms with Crippen LogP contribution in [0.5, 0.6) is 0 Å². The van der Waals surface area contributed by atoms with Crippen LogP contribution in [0.2, 0.25) is 5.15 Å². The van der Waals surface area contributed by atoms with Crippen molar-refractivity contribution in [2.75, 3.05) is 25.1 Å². The Hall–Kier alpha value is -1.24. The van der Waals surface area contributed by atoms with Crippen molar-refractivity contribution in [2.24, 2.45) is 0 Å². The summed E-state index contributed by atoms with van der Waals surface area (Å²) in [4.78, 5) is 11.7. The number of nitrogens with one attached hydrogen (secondary N) is 2. The fourth-order valence-electron chi connectivity index (χ4n) is 1.33. The predicted molar refractivity (Wildman–Crippen MR) is 58.3 cm³/mol. The minimum absolute atomic E-state index is 0.184. The predicted octanol–water partition coefficient (Wildman–Crippen LogP) is 0.0569. The van der Waals surface area contributed by atoms with Crippen molar-refractivity contribution in [3.05, 3.63) is 17.3 Å². The van der Waals surface area contributed by atoms with E-state index in [1.54, 1.807) is 12.1 Å². The molecule has 1 aromatic heterocycles. The van der Waals surface area contributed by atoms with Crippen molar-refractivity contribution in [1.29, 1.82) is 0 Å². The molecule has 1 aliphatic heterocycles. The van der Waals surface area contributed by atoms with Gasteiger partial charge in [0.1, 0.15) is 6.04 Å². The molecule has 0 aromatic carbocycles. The average Bonchev–Trinajstić information content (AvgIpc) is 2.33. The summed E-state index contributed by atoms with van der Waals surface area (Å²) in [5.74, 6) is 0.193. The lowest BCUT2D eigenvalue weighted by Gasteiger charge is -2.22. The Kier molecular flexibility index (Phi) is 3.66. The molecule has 0 saturated carbocycles. The maximum atomic E-state index is 11.7. The molecular formula is C9H11ClN4O2. The smallest absolute Gasteiger partial charge is 0.245 e. The number of rotatable bonds is 2. The van der Waals surface area contributed by atoms with Crippen molar-refractivity contribution in [2.45, 2.75) is 6.04 Å². The lowest BCUT2D eigenvalue weighted by molar-refractivity contribution is -0.120. The summed E-state index contributed by atoms with van der Waals surface area (Å²) in [6.07, 6.45) is 0. The van der Waals surface area contributed by atoms with Crippen LogP contribution < -0.4 is 10.6 Å². The summed E-state index contributed by atoms with van der Waals surface area (Å²) in [6, 6.07) is 2.82. The van der Waals surface area contributed by atoms with Gasteiger partial charge in [-0.1, -0.05) is 11.6 Å². The van der Waals surface area contributed by atoms with Gasteiger partial charge in [0.25, 0.3) is 0 Å². The van der Waals surface area contributed by atoms with E-state index in [9.17, 15) is 4.79 Å². The topological polar surface area (TPSA) is 76.1 Å². The van der Waals surface area contributed by atoms with Crippen LogP contribution in [0, 0.1) is 0 Å². The molecule has 0 bridgehead atoms. The molecule has 16 heavy (non-hydrogen) atoms. The van der Waals surface area contributed by atoms with E-state index in [-0.39, 0.29) is 17.1 Å². The zero-order chi connectivity index (χ0) is 11.4. The molecule has 2 rings (SSSR count). The van der Waals surface area contributed by atoms with Gasteiger partial charge in [-0.2, -0.15) is 0 Å². The summed E-state index contributed by atoms with van der Waals surface area (Å²) in [6.45, 7) is 1.67. The zero-order valence-corrected chi connectivity index (χ0v) is 9.20. The Morgan fingerprint density at radius 1 is 1.56 bits per heavy atom. The Morgan fingerprint density at radius 2 is 2.44 bits per heavy atom. The maximum absolute atomic E-state index is 11.7. The zero-order valence-electron chi connectivity index (χ0n) is 8.44. The second-order valence-corrected chi connectivity index (χ2v) is 3.70. The number of ether oxygens (including phenoxy) is 1. The molecule has 1 amide bonds. The molecular weight excluding hydrogens is 232 g/mol. The van der Waals surface area contributed by atoms with E-state index in [4.69, 9.17) is 16.3 Å². The van der Waals surface area contributed by atoms with Gasteiger partial charge in [0.05, 0.1) is 13.2 Å². The minimum Gasteiger partial charge on any atom is -0.378 e. The third-order valence-corrected chi connectivity index (χ3v) is 2.32. The molecule has 0 spiro atoms. The van der Waals surface area contributed by atoms with Crippen LogP contribution in [-0.2, 0) is 9.53 Å². The van der Waals surface area contributed by atoms with Gasteiger partial charge >= 0.3 is 0 Å². The molecule has 2 heterocycles. The fourth-order valence-corrected chi connectivity index (χ4v) is 1.43. The van der Waals surface area contributed by atoms with Crippen molar-refractivity contribution in [3.8, 4) is 0 Å². The third-order valence-electron chi connectivity index (χ3n) is 2.12. The van der Waals surface area contributed by atoms with E-state index >= 15 is 0 Å². The minimum atomic E-state index is -0.341. The first-order chi connectivity index (χ1) is 7.75. The van der Waals surface area contributed by atoms with Gasteiger partial charge in [-0.15, -0.1) is 10.2 Å². The second kappa shape index (κ2) is 5.20. The monoisotopic (exact) mass is 242 g/mol. The molecule has 1 aliphatic rings. The van der Waals surface area contributed by atoms with E-state index in [2.05, 4.69) is 20.8 Å². The van der Waals surface area contributed by atoms with Gasteiger partial charge in [0, 0.05) is 6.54 Å². The molecule has 1 atom stereocenters. The Morgan fingerprint density at radius 3 is 3.06 bits per heavy atom. The Bertz CT molecular complexity index is 364. The number of hydrogen-bond donors (Lipinski definition) is 2. The Labute approximate surface area is 97.3 Å². The number of amides is 1. The van der Waals surface area contributed by atoms with Crippen LogP contribution in [0.4, 0.5) is 5.82 Å². The molecule has 2 N–H and O–H groups in total. The van der Waals surface area contributed by atoms with Crippen LogP contribution in [0.15, 0.2) is 12.1 Å². The van der Waals surface area contributed by atoms with Crippen LogP contribution in [-0.4, -0.2) is 41.9 Å². The lowest BCUT2D eigenvalue weighted by Crippen LogP contribution is -2.48. The van der Waals surface area contributed by atoms with E-state index in [0.29, 0.717) is 25.6 Å². The molecule has 1 saturated heterocycles. The number of aromatic nitrogens is 2. The van der Waals surface area contributed by atoms with Crippen molar-refractivity contribution >= 4 is 23.3 Å². The normalized spacial score (nSPS) is 20.4. The molecule has 7 heteroatoms. The van der Waals surface area contributed by atoms with E-state index in [1.807, 2.05) is 0 Å². The standard InChI is InChI=1S/C9H11ClN4O2/c10-7-1-2-8(14-13-7)12-9(15)6-5-16-4-3-11-6/h1-2,6,11H,3-5H2,(H,12,14,15). The van der Waals surface area contributed by atoms with Crippen LogP contribution >= 0.6 is 11.6 Å². The van der Waals surface area contributed by atoms with Crippen molar-refractivity contribution in [1.82, 2.24) is 15.5 Å². The highest BCUT2D eigenvalue weighted by Gasteiger charge is 2.21. The molecule has 0 aliphatic carbocycles. The second-order valence-electron chi connectivity index (χ2n) is 3.31. The van der Waals surface area contributed by atoms with Crippen molar-refractivity contribution < 1.29 is 9.53 Å². The third kappa shape index (κ3) is 2.88. The first-order valence-electron chi connectivity index (χ1n) is 4.87. The molecule has 86 valence electrons. The maximum Gasteiger partial charge on any atom is 0.245 e. The number of morpholine rings is 1. The van der Waals surface area contributed by atoms with Gasteiger partial charge in [-0.05, 0) is 12.1 Å². The number of anilines is 1. The highest BCUT2D eigenvalue weighted by molar-refractivity contribution is 6.29. The summed E-state index contributed by atoms with van der Waals surface area (Å²) in [7, 11) is 0. The van der Waals surface area contributed by atoms with Crippen LogP contribution in [0.3, 0.4) is 0 Å². The van der Waals surface area contributed by atoms with Gasteiger partial charge in [0.15, 0.2) is 11.0 Å². The first-order valence-corrected chi connectivity index (χ1v) is 5.25. The molecule has 1 unspecified atom stereocenters. The Balaban J connectivity index is 1.93. The lowest BCUT2D eigenvalue weighted by atomic mass is 10.2. The SMILES string of the molecule is O=C(Nc1ccc(Cl)nn1)C1COCCN1. The summed E-state index contributed by atoms with van der Waals surface area (Å²) in [5, 5.41) is 13.3. The highest BCUT2D eigenvalue weighted by atomic mass is 35.5. The number of carbonyl (C=O) groups excluding carboxylic acids is 1. The number of carbonyl (C=O) groups is 1. The van der Waals surface area contributed by atoms with Gasteiger partial charge in [-0.25, -0.2) is 0 Å². The van der Waals surface area contributed by atoms with Gasteiger partial charge in [0.2, 0.25) is 5.91 Å². The average molecular weight is 243 g/mol. The van der Waals surface area contributed by atoms with Crippen LogP contribution in [0.1, 0.15) is 0 Å². The van der Waals surface area contributed by atoms with Gasteiger partial charge < -0.3 is 15.4 Å².